The SMILES string of the molecule is NOC(=O)[C@@H](N)Cc1c[nH]c2cc(Br)ccc12. The molecule has 0 aliphatic rings. The van der Waals surface area contributed by atoms with Gasteiger partial charge in [-0.3, -0.25) is 0 Å². The lowest BCUT2D eigenvalue weighted by Crippen LogP contribution is -2.35. The van der Waals surface area contributed by atoms with Gasteiger partial charge < -0.3 is 15.6 Å². The van der Waals surface area contributed by atoms with Gasteiger partial charge in [0.25, 0.3) is 0 Å². The number of nitrogens with two attached hydrogens (primary N) is 2. The molecule has 1 heterocycles. The largest absolute Gasteiger partial charge is 0.372 e. The summed E-state index contributed by atoms with van der Waals surface area (Å²) in [6.45, 7) is 0. The van der Waals surface area contributed by atoms with Crippen molar-refractivity contribution in [3.05, 3.63) is 34.4 Å². The number of halogens is 1. The predicted octanol–water partition coefficient (Wildman–Crippen LogP) is 1.22. The summed E-state index contributed by atoms with van der Waals surface area (Å²) in [6.07, 6.45) is 2.22. The maximum atomic E-state index is 11.1. The van der Waals surface area contributed by atoms with E-state index < -0.39 is 12.0 Å². The second-order valence-corrected chi connectivity index (χ2v) is 4.67. The van der Waals surface area contributed by atoms with Gasteiger partial charge in [-0.2, -0.15) is 5.90 Å². The van der Waals surface area contributed by atoms with E-state index in [9.17, 15) is 4.79 Å². The van der Waals surface area contributed by atoms with Crippen molar-refractivity contribution in [1.82, 2.24) is 4.98 Å². The Hall–Kier alpha value is -1.37. The van der Waals surface area contributed by atoms with E-state index in [0.717, 1.165) is 20.9 Å². The number of carbonyl (C=O) groups excluding carboxylic acids is 1. The van der Waals surface area contributed by atoms with Gasteiger partial charge in [0.15, 0.2) is 0 Å². The van der Waals surface area contributed by atoms with Gasteiger partial charge in [-0.1, -0.05) is 22.0 Å². The summed E-state index contributed by atoms with van der Waals surface area (Å²) in [5.41, 5.74) is 7.61. The van der Waals surface area contributed by atoms with Crippen LogP contribution >= 0.6 is 15.9 Å². The Balaban J connectivity index is 2.28. The molecular formula is C11H12BrN3O2. The summed E-state index contributed by atoms with van der Waals surface area (Å²) < 4.78 is 0.990. The third kappa shape index (κ3) is 2.49. The van der Waals surface area contributed by atoms with E-state index in [2.05, 4.69) is 25.8 Å². The van der Waals surface area contributed by atoms with Crippen LogP contribution in [-0.2, 0) is 16.1 Å². The molecule has 1 atom stereocenters. The van der Waals surface area contributed by atoms with Crippen molar-refractivity contribution in [1.29, 1.82) is 0 Å². The van der Waals surface area contributed by atoms with E-state index in [1.54, 1.807) is 0 Å². The Kier molecular flexibility index (Phi) is 3.46. The van der Waals surface area contributed by atoms with Crippen molar-refractivity contribution in [2.24, 2.45) is 11.6 Å². The molecule has 6 heteroatoms. The summed E-state index contributed by atoms with van der Waals surface area (Å²) >= 11 is 3.39. The lowest BCUT2D eigenvalue weighted by atomic mass is 10.1. The van der Waals surface area contributed by atoms with Crippen LogP contribution in [0.25, 0.3) is 10.9 Å². The van der Waals surface area contributed by atoms with Crippen LogP contribution in [-0.4, -0.2) is 17.0 Å². The van der Waals surface area contributed by atoms with Gasteiger partial charge in [-0.25, -0.2) is 4.79 Å². The van der Waals surface area contributed by atoms with E-state index >= 15 is 0 Å². The lowest BCUT2D eigenvalue weighted by molar-refractivity contribution is -0.145. The molecule has 0 amide bonds. The van der Waals surface area contributed by atoms with Gasteiger partial charge in [0.05, 0.1) is 0 Å². The average molecular weight is 298 g/mol. The van der Waals surface area contributed by atoms with Gasteiger partial charge >= 0.3 is 5.97 Å². The molecule has 1 aromatic heterocycles. The van der Waals surface area contributed by atoms with Gasteiger partial charge in [0, 0.05) is 28.0 Å². The molecule has 0 unspecified atom stereocenters. The average Bonchev–Trinajstić information content (AvgIpc) is 2.70. The van der Waals surface area contributed by atoms with Crippen molar-refractivity contribution < 1.29 is 9.63 Å². The van der Waals surface area contributed by atoms with Crippen LogP contribution in [0.15, 0.2) is 28.9 Å². The second kappa shape index (κ2) is 4.87. The molecule has 1 aromatic carbocycles. The van der Waals surface area contributed by atoms with Crippen molar-refractivity contribution >= 4 is 32.8 Å². The standard InChI is InChI=1S/C11H12BrN3O2/c12-7-1-2-8-6(5-15-10(8)4-7)3-9(13)11(16)17-14/h1-2,4-5,9,15H,3,13-14H2/t9-/m0/s1. The minimum atomic E-state index is -0.748. The van der Waals surface area contributed by atoms with Gasteiger partial charge in [-0.05, 0) is 17.7 Å². The number of nitrogens with one attached hydrogen (secondary N) is 1. The first-order valence-electron chi connectivity index (χ1n) is 5.03. The first kappa shape index (κ1) is 12.1. The van der Waals surface area contributed by atoms with Crippen LogP contribution in [0, 0.1) is 0 Å². The van der Waals surface area contributed by atoms with E-state index in [1.165, 1.54) is 0 Å². The van der Waals surface area contributed by atoms with Crippen LogP contribution in [0.5, 0.6) is 0 Å². The number of aromatic amines is 1. The molecule has 0 aliphatic carbocycles. The first-order chi connectivity index (χ1) is 8.11. The minimum Gasteiger partial charge on any atom is -0.372 e. The van der Waals surface area contributed by atoms with Crippen molar-refractivity contribution in [3.8, 4) is 0 Å². The van der Waals surface area contributed by atoms with Gasteiger partial charge in [0.2, 0.25) is 0 Å². The molecule has 90 valence electrons. The highest BCUT2D eigenvalue weighted by atomic mass is 79.9. The number of fused-ring (bicyclic) bond motifs is 1. The summed E-state index contributed by atoms with van der Waals surface area (Å²) in [4.78, 5) is 18.4. The summed E-state index contributed by atoms with van der Waals surface area (Å²) in [7, 11) is 0. The molecule has 5 nitrogen and oxygen atoms in total. The molecule has 0 radical (unpaired) electrons. The van der Waals surface area contributed by atoms with E-state index in [0.29, 0.717) is 6.42 Å². The van der Waals surface area contributed by atoms with Crippen LogP contribution in [0.4, 0.5) is 0 Å². The third-order valence-electron chi connectivity index (χ3n) is 2.59. The summed E-state index contributed by atoms with van der Waals surface area (Å²) in [5.74, 6) is 4.18. The zero-order valence-corrected chi connectivity index (χ0v) is 10.5. The lowest BCUT2D eigenvalue weighted by Gasteiger charge is -2.07. The van der Waals surface area contributed by atoms with Crippen molar-refractivity contribution in [2.45, 2.75) is 12.5 Å². The van der Waals surface area contributed by atoms with E-state index in [1.807, 2.05) is 24.4 Å². The Bertz CT molecular complexity index is 553. The fraction of sp³-hybridized carbons (Fsp3) is 0.182. The highest BCUT2D eigenvalue weighted by Crippen LogP contribution is 2.23. The maximum absolute atomic E-state index is 11.1. The monoisotopic (exact) mass is 297 g/mol. The molecular weight excluding hydrogens is 286 g/mol. The number of H-pyrrole nitrogens is 1. The third-order valence-corrected chi connectivity index (χ3v) is 3.08. The van der Waals surface area contributed by atoms with Crippen LogP contribution < -0.4 is 11.6 Å². The predicted molar refractivity (Wildman–Crippen MR) is 68.0 cm³/mol. The molecule has 0 saturated heterocycles. The number of hydrogen-bond donors (Lipinski definition) is 3. The molecule has 0 bridgehead atoms. The zero-order valence-electron chi connectivity index (χ0n) is 8.94. The molecule has 0 aliphatic heterocycles. The number of benzene rings is 1. The van der Waals surface area contributed by atoms with Crippen LogP contribution in [0.3, 0.4) is 0 Å². The maximum Gasteiger partial charge on any atom is 0.341 e. The molecule has 0 saturated carbocycles. The van der Waals surface area contributed by atoms with Gasteiger partial charge in [0.1, 0.15) is 6.04 Å². The Morgan fingerprint density at radius 3 is 3.00 bits per heavy atom. The molecule has 0 fully saturated rings. The highest BCUT2D eigenvalue weighted by molar-refractivity contribution is 9.10. The summed E-state index contributed by atoms with van der Waals surface area (Å²) in [6, 6.07) is 5.12. The van der Waals surface area contributed by atoms with Crippen LogP contribution in [0.2, 0.25) is 0 Å². The number of aromatic nitrogens is 1. The second-order valence-electron chi connectivity index (χ2n) is 3.75. The summed E-state index contributed by atoms with van der Waals surface area (Å²) in [5, 5.41) is 1.04. The number of rotatable bonds is 3. The van der Waals surface area contributed by atoms with Crippen molar-refractivity contribution in [2.75, 3.05) is 0 Å². The highest BCUT2D eigenvalue weighted by Gasteiger charge is 2.16. The minimum absolute atomic E-state index is 0.387. The van der Waals surface area contributed by atoms with Crippen molar-refractivity contribution in [3.63, 3.8) is 0 Å². The molecule has 2 rings (SSSR count). The molecule has 5 N–H and O–H groups in total. The number of hydrogen-bond acceptors (Lipinski definition) is 4. The molecule has 2 aromatic rings. The Morgan fingerprint density at radius 1 is 1.53 bits per heavy atom. The molecule has 17 heavy (non-hydrogen) atoms. The topological polar surface area (TPSA) is 94.1 Å². The Morgan fingerprint density at radius 2 is 2.29 bits per heavy atom. The van der Waals surface area contributed by atoms with E-state index in [4.69, 9.17) is 11.6 Å². The van der Waals surface area contributed by atoms with Gasteiger partial charge in [-0.15, -0.1) is 0 Å². The zero-order chi connectivity index (χ0) is 12.4. The number of carbonyl (C=O) groups is 1. The van der Waals surface area contributed by atoms with E-state index in [-0.39, 0.29) is 0 Å². The first-order valence-corrected chi connectivity index (χ1v) is 5.83. The fourth-order valence-corrected chi connectivity index (χ4v) is 2.10. The molecule has 0 spiro atoms. The quantitative estimate of drug-likeness (QED) is 0.743. The normalized spacial score (nSPS) is 12.6. The van der Waals surface area contributed by atoms with Crippen LogP contribution in [0.1, 0.15) is 5.56 Å². The smallest absolute Gasteiger partial charge is 0.341 e. The fourth-order valence-electron chi connectivity index (χ4n) is 1.74. The Labute approximate surface area is 106 Å².